The molecule has 2 aromatic rings. The number of carbonyl (C=O) groups excluding carboxylic acids is 1. The minimum atomic E-state index is -0.546. The van der Waals surface area contributed by atoms with Crippen LogP contribution in [0.4, 0.5) is 26.2 Å². The van der Waals surface area contributed by atoms with Gasteiger partial charge in [0, 0.05) is 17.4 Å². The van der Waals surface area contributed by atoms with Crippen molar-refractivity contribution in [1.29, 1.82) is 5.26 Å². The van der Waals surface area contributed by atoms with Crippen LogP contribution in [0.1, 0.15) is 52.0 Å². The summed E-state index contributed by atoms with van der Waals surface area (Å²) in [5.74, 6) is -0.317. The van der Waals surface area contributed by atoms with E-state index in [1.807, 2.05) is 32.9 Å². The summed E-state index contributed by atoms with van der Waals surface area (Å²) in [5, 5.41) is 19.1. The van der Waals surface area contributed by atoms with E-state index < -0.39 is 11.7 Å². The van der Waals surface area contributed by atoms with Crippen molar-refractivity contribution >= 4 is 23.2 Å². The van der Waals surface area contributed by atoms with Crippen molar-refractivity contribution in [2.45, 2.75) is 64.1 Å². The van der Waals surface area contributed by atoms with Crippen LogP contribution in [0.2, 0.25) is 0 Å². The molecule has 3 N–H and O–H groups in total. The number of hydrogen-bond donors (Lipinski definition) is 3. The highest BCUT2D eigenvalue weighted by Crippen LogP contribution is 2.28. The molecule has 1 aliphatic rings. The van der Waals surface area contributed by atoms with Gasteiger partial charge in [-0.25, -0.2) is 9.18 Å². The standard InChI is InChI=1S/C24H29FN4O2/c1-24(2,3)31-23(30)29-21-7-5-4-6-20(21)28-19-11-8-16(15-26)22(14-19)27-18-12-9-17(25)10-13-18/h8-14,20-21,27-28H,4-7H2,1-3H3,(H,29,30). The fourth-order valence-corrected chi connectivity index (χ4v) is 3.67. The van der Waals surface area contributed by atoms with Crippen molar-refractivity contribution in [3.05, 3.63) is 53.8 Å². The van der Waals surface area contributed by atoms with E-state index in [1.54, 1.807) is 18.2 Å². The first-order valence-electron chi connectivity index (χ1n) is 10.6. The Morgan fingerprint density at radius 3 is 2.35 bits per heavy atom. The van der Waals surface area contributed by atoms with Gasteiger partial charge < -0.3 is 20.7 Å². The molecule has 1 amide bonds. The summed E-state index contributed by atoms with van der Waals surface area (Å²) in [5.41, 5.74) is 2.10. The molecule has 7 heteroatoms. The van der Waals surface area contributed by atoms with Crippen LogP contribution in [0.3, 0.4) is 0 Å². The Balaban J connectivity index is 1.73. The van der Waals surface area contributed by atoms with Gasteiger partial charge in [0.2, 0.25) is 0 Å². The minimum absolute atomic E-state index is 0.0484. The molecule has 2 atom stereocenters. The van der Waals surface area contributed by atoms with Crippen molar-refractivity contribution in [3.63, 3.8) is 0 Å². The van der Waals surface area contributed by atoms with Gasteiger partial charge in [0.25, 0.3) is 0 Å². The maximum Gasteiger partial charge on any atom is 0.407 e. The highest BCUT2D eigenvalue weighted by atomic mass is 19.1. The first-order chi connectivity index (χ1) is 14.7. The van der Waals surface area contributed by atoms with Gasteiger partial charge in [-0.15, -0.1) is 0 Å². The van der Waals surface area contributed by atoms with E-state index in [4.69, 9.17) is 4.74 Å². The topological polar surface area (TPSA) is 86.2 Å². The number of nitriles is 1. The Kier molecular flexibility index (Phi) is 7.01. The number of nitrogens with zero attached hydrogens (tertiary/aromatic N) is 1. The summed E-state index contributed by atoms with van der Waals surface area (Å²) in [6, 6.07) is 13.6. The number of anilines is 3. The summed E-state index contributed by atoms with van der Waals surface area (Å²) in [6.45, 7) is 5.53. The zero-order chi connectivity index (χ0) is 22.4. The van der Waals surface area contributed by atoms with E-state index in [9.17, 15) is 14.4 Å². The SMILES string of the molecule is CC(C)(C)OC(=O)NC1CCCCC1Nc1ccc(C#N)c(Nc2ccc(F)cc2)c1. The van der Waals surface area contributed by atoms with Gasteiger partial charge in [-0.2, -0.15) is 5.26 Å². The van der Waals surface area contributed by atoms with Crippen LogP contribution in [0.5, 0.6) is 0 Å². The molecular formula is C24H29FN4O2. The van der Waals surface area contributed by atoms with E-state index in [1.165, 1.54) is 12.1 Å². The summed E-state index contributed by atoms with van der Waals surface area (Å²) >= 11 is 0. The molecule has 0 saturated heterocycles. The molecule has 164 valence electrons. The Morgan fingerprint density at radius 2 is 1.71 bits per heavy atom. The lowest BCUT2D eigenvalue weighted by Crippen LogP contribution is -2.49. The molecule has 0 bridgehead atoms. The Bertz CT molecular complexity index is 948. The maximum absolute atomic E-state index is 13.2. The lowest BCUT2D eigenvalue weighted by molar-refractivity contribution is 0.0488. The van der Waals surface area contributed by atoms with Crippen molar-refractivity contribution in [1.82, 2.24) is 5.32 Å². The van der Waals surface area contributed by atoms with Gasteiger partial charge in [0.1, 0.15) is 17.5 Å². The van der Waals surface area contributed by atoms with Crippen LogP contribution in [-0.2, 0) is 4.74 Å². The Labute approximate surface area is 182 Å². The van der Waals surface area contributed by atoms with E-state index in [2.05, 4.69) is 22.0 Å². The second kappa shape index (κ2) is 9.69. The Hall–Kier alpha value is -3.27. The molecular weight excluding hydrogens is 395 g/mol. The highest BCUT2D eigenvalue weighted by molar-refractivity contribution is 5.71. The molecule has 6 nitrogen and oxygen atoms in total. The van der Waals surface area contributed by atoms with Crippen LogP contribution in [0.25, 0.3) is 0 Å². The molecule has 0 radical (unpaired) electrons. The number of halogens is 1. The minimum Gasteiger partial charge on any atom is -0.444 e. The molecule has 0 aliphatic heterocycles. The molecule has 1 fully saturated rings. The fourth-order valence-electron chi connectivity index (χ4n) is 3.67. The number of rotatable bonds is 5. The number of hydrogen-bond acceptors (Lipinski definition) is 5. The van der Waals surface area contributed by atoms with Gasteiger partial charge >= 0.3 is 6.09 Å². The predicted molar refractivity (Wildman–Crippen MR) is 120 cm³/mol. The predicted octanol–water partition coefficient (Wildman–Crippen LogP) is 5.69. The number of amides is 1. The first-order valence-corrected chi connectivity index (χ1v) is 10.6. The molecule has 0 heterocycles. The molecule has 0 aromatic heterocycles. The summed E-state index contributed by atoms with van der Waals surface area (Å²) in [6.07, 6.45) is 3.49. The number of ether oxygens (including phenoxy) is 1. The molecule has 31 heavy (non-hydrogen) atoms. The monoisotopic (exact) mass is 424 g/mol. The number of benzene rings is 2. The largest absolute Gasteiger partial charge is 0.444 e. The summed E-state index contributed by atoms with van der Waals surface area (Å²) in [7, 11) is 0. The van der Waals surface area contributed by atoms with Crippen LogP contribution in [0, 0.1) is 17.1 Å². The maximum atomic E-state index is 13.2. The third-order valence-corrected chi connectivity index (χ3v) is 5.08. The van der Waals surface area contributed by atoms with Crippen molar-refractivity contribution in [2.24, 2.45) is 0 Å². The second-order valence-corrected chi connectivity index (χ2v) is 8.79. The van der Waals surface area contributed by atoms with Crippen LogP contribution in [-0.4, -0.2) is 23.8 Å². The Morgan fingerprint density at radius 1 is 1.06 bits per heavy atom. The van der Waals surface area contributed by atoms with E-state index >= 15 is 0 Å². The quantitative estimate of drug-likeness (QED) is 0.574. The lowest BCUT2D eigenvalue weighted by atomic mass is 9.90. The first kappa shape index (κ1) is 22.4. The number of nitrogens with one attached hydrogen (secondary N) is 3. The highest BCUT2D eigenvalue weighted by Gasteiger charge is 2.28. The molecule has 1 aliphatic carbocycles. The summed E-state index contributed by atoms with van der Waals surface area (Å²) in [4.78, 5) is 12.3. The number of carbonyl (C=O) groups is 1. The molecule has 0 spiro atoms. The van der Waals surface area contributed by atoms with Gasteiger partial charge in [0.05, 0.1) is 17.3 Å². The third kappa shape index (κ3) is 6.61. The zero-order valence-corrected chi connectivity index (χ0v) is 18.2. The second-order valence-electron chi connectivity index (χ2n) is 8.79. The third-order valence-electron chi connectivity index (χ3n) is 5.08. The zero-order valence-electron chi connectivity index (χ0n) is 18.2. The smallest absolute Gasteiger partial charge is 0.407 e. The van der Waals surface area contributed by atoms with Crippen LogP contribution < -0.4 is 16.0 Å². The van der Waals surface area contributed by atoms with Crippen molar-refractivity contribution < 1.29 is 13.9 Å². The molecule has 3 rings (SSSR count). The van der Waals surface area contributed by atoms with E-state index in [-0.39, 0.29) is 17.9 Å². The van der Waals surface area contributed by atoms with E-state index in [0.717, 1.165) is 31.4 Å². The van der Waals surface area contributed by atoms with Gasteiger partial charge in [0.15, 0.2) is 0 Å². The normalized spacial score (nSPS) is 18.5. The van der Waals surface area contributed by atoms with Crippen LogP contribution in [0.15, 0.2) is 42.5 Å². The van der Waals surface area contributed by atoms with Crippen LogP contribution >= 0.6 is 0 Å². The number of alkyl carbamates (subject to hydrolysis) is 1. The van der Waals surface area contributed by atoms with Gasteiger partial charge in [-0.3, -0.25) is 0 Å². The van der Waals surface area contributed by atoms with Crippen molar-refractivity contribution in [3.8, 4) is 6.07 Å². The summed E-state index contributed by atoms with van der Waals surface area (Å²) < 4.78 is 18.6. The average molecular weight is 425 g/mol. The molecule has 2 unspecified atom stereocenters. The molecule has 1 saturated carbocycles. The van der Waals surface area contributed by atoms with Gasteiger partial charge in [-0.1, -0.05) is 12.8 Å². The molecule has 2 aromatic carbocycles. The van der Waals surface area contributed by atoms with Crippen molar-refractivity contribution in [2.75, 3.05) is 10.6 Å². The van der Waals surface area contributed by atoms with E-state index in [0.29, 0.717) is 16.9 Å². The van der Waals surface area contributed by atoms with Gasteiger partial charge in [-0.05, 0) is 76.1 Å². The average Bonchev–Trinajstić information content (AvgIpc) is 2.70. The lowest BCUT2D eigenvalue weighted by Gasteiger charge is -2.34. The fraction of sp³-hybridized carbons (Fsp3) is 0.417.